The summed E-state index contributed by atoms with van der Waals surface area (Å²) in [5.74, 6) is -0.178. The van der Waals surface area contributed by atoms with Crippen molar-refractivity contribution >= 4 is 5.69 Å². The Hall–Kier alpha value is -2.50. The fraction of sp³-hybridized carbons (Fsp3) is 0.0909. The molecular formula is C11H10N2O4. The van der Waals surface area contributed by atoms with Crippen LogP contribution in [0.25, 0.3) is 0 Å². The van der Waals surface area contributed by atoms with Gasteiger partial charge < -0.3 is 10.2 Å². The molecule has 6 nitrogen and oxygen atoms in total. The number of nitrogens with zero attached hydrogens (tertiary/aromatic N) is 2. The van der Waals surface area contributed by atoms with Crippen LogP contribution in [0.4, 0.5) is 5.69 Å². The molecule has 0 saturated carbocycles. The van der Waals surface area contributed by atoms with Gasteiger partial charge in [-0.2, -0.15) is 0 Å². The summed E-state index contributed by atoms with van der Waals surface area (Å²) in [6.07, 6.45) is 0. The molecule has 1 aromatic heterocycles. The minimum absolute atomic E-state index is 0.0198. The Bertz CT molecular complexity index is 543. The normalized spacial score (nSPS) is 10.4. The summed E-state index contributed by atoms with van der Waals surface area (Å²) in [5, 5.41) is 29.5. The maximum Gasteiger partial charge on any atom is 0.269 e. The first-order chi connectivity index (χ1) is 8.08. The van der Waals surface area contributed by atoms with E-state index in [1.165, 1.54) is 28.8 Å². The summed E-state index contributed by atoms with van der Waals surface area (Å²) in [7, 11) is 0. The molecule has 0 aliphatic heterocycles. The lowest BCUT2D eigenvalue weighted by molar-refractivity contribution is -0.384. The van der Waals surface area contributed by atoms with E-state index in [1.54, 1.807) is 12.1 Å². The number of hydrogen-bond donors (Lipinski definition) is 2. The fourth-order valence-electron chi connectivity index (χ4n) is 1.56. The lowest BCUT2D eigenvalue weighted by Crippen LogP contribution is -1.99. The summed E-state index contributed by atoms with van der Waals surface area (Å²) in [6, 6.07) is 8.74. The highest BCUT2D eigenvalue weighted by Crippen LogP contribution is 2.23. The lowest BCUT2D eigenvalue weighted by atomic mass is 10.2. The molecule has 0 radical (unpaired) electrons. The smallest absolute Gasteiger partial charge is 0.269 e. The average molecular weight is 234 g/mol. The van der Waals surface area contributed by atoms with E-state index in [0.717, 1.165) is 0 Å². The fourth-order valence-corrected chi connectivity index (χ4v) is 1.56. The zero-order chi connectivity index (χ0) is 12.4. The summed E-state index contributed by atoms with van der Waals surface area (Å²) in [4.78, 5) is 10.1. The molecule has 1 aromatic carbocycles. The SMILES string of the molecule is O=[N+]([O-])c1cccc(Cn2c(O)ccc2O)c1. The van der Waals surface area contributed by atoms with Gasteiger partial charge in [0.25, 0.3) is 5.69 Å². The first-order valence-corrected chi connectivity index (χ1v) is 4.89. The van der Waals surface area contributed by atoms with Crippen LogP contribution in [-0.4, -0.2) is 19.7 Å². The van der Waals surface area contributed by atoms with E-state index in [-0.39, 0.29) is 24.0 Å². The Kier molecular flexibility index (Phi) is 2.70. The van der Waals surface area contributed by atoms with Crippen molar-refractivity contribution in [1.82, 2.24) is 4.57 Å². The molecule has 2 aromatic rings. The molecule has 0 amide bonds. The number of aromatic nitrogens is 1. The molecule has 88 valence electrons. The van der Waals surface area contributed by atoms with Gasteiger partial charge in [0.05, 0.1) is 11.5 Å². The van der Waals surface area contributed by atoms with Crippen molar-refractivity contribution in [3.8, 4) is 11.8 Å². The molecule has 0 aliphatic carbocycles. The zero-order valence-corrected chi connectivity index (χ0v) is 8.78. The molecule has 0 unspecified atom stereocenters. The van der Waals surface area contributed by atoms with Crippen LogP contribution in [-0.2, 0) is 6.54 Å². The van der Waals surface area contributed by atoms with E-state index >= 15 is 0 Å². The van der Waals surface area contributed by atoms with Gasteiger partial charge in [0, 0.05) is 24.3 Å². The Morgan fingerprint density at radius 3 is 2.41 bits per heavy atom. The van der Waals surface area contributed by atoms with Gasteiger partial charge in [0.15, 0.2) is 11.8 Å². The topological polar surface area (TPSA) is 88.5 Å². The summed E-state index contributed by atoms with van der Waals surface area (Å²) in [5.41, 5.74) is 0.606. The molecule has 0 saturated heterocycles. The number of benzene rings is 1. The maximum absolute atomic E-state index is 10.6. The van der Waals surface area contributed by atoms with Gasteiger partial charge in [-0.15, -0.1) is 0 Å². The predicted molar refractivity (Wildman–Crippen MR) is 60.0 cm³/mol. The molecule has 0 bridgehead atoms. The number of nitro benzene ring substituents is 1. The van der Waals surface area contributed by atoms with Crippen LogP contribution in [0.1, 0.15) is 5.56 Å². The first kappa shape index (κ1) is 11.0. The van der Waals surface area contributed by atoms with Crippen molar-refractivity contribution in [2.75, 3.05) is 0 Å². The summed E-state index contributed by atoms with van der Waals surface area (Å²) >= 11 is 0. The van der Waals surface area contributed by atoms with Gasteiger partial charge >= 0.3 is 0 Å². The van der Waals surface area contributed by atoms with E-state index in [0.29, 0.717) is 5.56 Å². The van der Waals surface area contributed by atoms with Crippen molar-refractivity contribution in [2.24, 2.45) is 0 Å². The second-order valence-electron chi connectivity index (χ2n) is 3.56. The van der Waals surface area contributed by atoms with E-state index in [4.69, 9.17) is 0 Å². The second kappa shape index (κ2) is 4.17. The number of hydrogen-bond acceptors (Lipinski definition) is 4. The predicted octanol–water partition coefficient (Wildman–Crippen LogP) is 1.86. The molecule has 1 heterocycles. The van der Waals surface area contributed by atoms with E-state index in [9.17, 15) is 20.3 Å². The molecule has 0 aliphatic rings. The third kappa shape index (κ3) is 2.20. The van der Waals surface area contributed by atoms with E-state index in [1.807, 2.05) is 0 Å². The molecule has 2 N–H and O–H groups in total. The number of aromatic hydroxyl groups is 2. The van der Waals surface area contributed by atoms with Gasteiger partial charge in [0.1, 0.15) is 0 Å². The molecule has 0 spiro atoms. The van der Waals surface area contributed by atoms with Gasteiger partial charge in [-0.1, -0.05) is 12.1 Å². The Morgan fingerprint density at radius 2 is 1.82 bits per heavy atom. The van der Waals surface area contributed by atoms with Crippen LogP contribution in [0.3, 0.4) is 0 Å². The Labute approximate surface area is 96.5 Å². The minimum atomic E-state index is -0.487. The van der Waals surface area contributed by atoms with Crippen LogP contribution in [0, 0.1) is 10.1 Å². The standard InChI is InChI=1S/C11H10N2O4/c14-10-4-5-11(15)12(10)7-8-2-1-3-9(6-8)13(16)17/h1-6,14-15H,7H2. The monoisotopic (exact) mass is 234 g/mol. The van der Waals surface area contributed by atoms with Gasteiger partial charge in [-0.3, -0.25) is 14.7 Å². The summed E-state index contributed by atoms with van der Waals surface area (Å²) < 4.78 is 1.25. The van der Waals surface area contributed by atoms with Crippen molar-refractivity contribution in [2.45, 2.75) is 6.54 Å². The van der Waals surface area contributed by atoms with Crippen LogP contribution in [0.15, 0.2) is 36.4 Å². The minimum Gasteiger partial charge on any atom is -0.494 e. The molecule has 17 heavy (non-hydrogen) atoms. The van der Waals surface area contributed by atoms with E-state index < -0.39 is 4.92 Å². The van der Waals surface area contributed by atoms with Gasteiger partial charge in [0.2, 0.25) is 0 Å². The second-order valence-corrected chi connectivity index (χ2v) is 3.56. The summed E-state index contributed by atoms with van der Waals surface area (Å²) in [6.45, 7) is 0.173. The largest absolute Gasteiger partial charge is 0.494 e. The Morgan fingerprint density at radius 1 is 1.18 bits per heavy atom. The Balaban J connectivity index is 2.30. The van der Waals surface area contributed by atoms with Crippen molar-refractivity contribution in [1.29, 1.82) is 0 Å². The zero-order valence-electron chi connectivity index (χ0n) is 8.78. The number of non-ortho nitro benzene ring substituents is 1. The quantitative estimate of drug-likeness (QED) is 0.626. The number of nitro groups is 1. The van der Waals surface area contributed by atoms with Crippen LogP contribution in [0.5, 0.6) is 11.8 Å². The highest BCUT2D eigenvalue weighted by molar-refractivity contribution is 5.35. The molecule has 0 fully saturated rings. The highest BCUT2D eigenvalue weighted by atomic mass is 16.6. The maximum atomic E-state index is 10.6. The van der Waals surface area contributed by atoms with Gasteiger partial charge in [-0.25, -0.2) is 0 Å². The first-order valence-electron chi connectivity index (χ1n) is 4.89. The van der Waals surface area contributed by atoms with E-state index in [2.05, 4.69) is 0 Å². The molecular weight excluding hydrogens is 224 g/mol. The lowest BCUT2D eigenvalue weighted by Gasteiger charge is -2.06. The molecule has 2 rings (SSSR count). The third-order valence-corrected chi connectivity index (χ3v) is 2.40. The molecule has 6 heteroatoms. The van der Waals surface area contributed by atoms with Crippen LogP contribution in [0.2, 0.25) is 0 Å². The molecule has 0 atom stereocenters. The third-order valence-electron chi connectivity index (χ3n) is 2.40. The number of rotatable bonds is 3. The van der Waals surface area contributed by atoms with Crippen molar-refractivity contribution in [3.05, 3.63) is 52.1 Å². The van der Waals surface area contributed by atoms with Gasteiger partial charge in [-0.05, 0) is 5.56 Å². The van der Waals surface area contributed by atoms with Crippen LogP contribution >= 0.6 is 0 Å². The highest BCUT2D eigenvalue weighted by Gasteiger charge is 2.09. The van der Waals surface area contributed by atoms with Crippen LogP contribution < -0.4 is 0 Å². The van der Waals surface area contributed by atoms with Crippen molar-refractivity contribution < 1.29 is 15.1 Å². The van der Waals surface area contributed by atoms with Crippen molar-refractivity contribution in [3.63, 3.8) is 0 Å². The average Bonchev–Trinajstić information content (AvgIpc) is 2.61.